The molecule has 76 valence electrons. The highest BCUT2D eigenvalue weighted by Gasteiger charge is 2.08. The molecule has 1 N–H and O–H groups in total. The number of benzene rings is 1. The van der Waals surface area contributed by atoms with Crippen molar-refractivity contribution in [2.45, 2.75) is 12.8 Å². The Labute approximate surface area is 90.3 Å². The number of hydrogen-bond acceptors (Lipinski definition) is 1. The van der Waals surface area contributed by atoms with Crippen LogP contribution in [0, 0.1) is 5.82 Å². The van der Waals surface area contributed by atoms with Gasteiger partial charge in [0.2, 0.25) is 0 Å². The zero-order valence-corrected chi connectivity index (χ0v) is 8.57. The van der Waals surface area contributed by atoms with Crippen molar-refractivity contribution in [1.29, 1.82) is 0 Å². The minimum atomic E-state index is -0.929. The van der Waals surface area contributed by atoms with Crippen molar-refractivity contribution in [2.75, 3.05) is 0 Å². The molecule has 0 saturated carbocycles. The maximum Gasteiger partial charge on any atom is 0.303 e. The summed E-state index contributed by atoms with van der Waals surface area (Å²) in [6, 6.07) is 2.43. The molecular weight excluding hydrogens is 230 g/mol. The average molecular weight is 237 g/mol. The fraction of sp³-hybridized carbons (Fsp3) is 0.222. The molecule has 0 heterocycles. The van der Waals surface area contributed by atoms with Gasteiger partial charge in [0.25, 0.3) is 0 Å². The summed E-state index contributed by atoms with van der Waals surface area (Å²) in [5.74, 6) is -1.53. The van der Waals surface area contributed by atoms with Crippen molar-refractivity contribution >= 4 is 29.2 Å². The first-order chi connectivity index (χ1) is 6.50. The molecule has 0 atom stereocenters. The summed E-state index contributed by atoms with van der Waals surface area (Å²) in [5, 5.41) is 8.59. The van der Waals surface area contributed by atoms with E-state index in [2.05, 4.69) is 0 Å². The molecule has 0 fully saturated rings. The van der Waals surface area contributed by atoms with Gasteiger partial charge in [-0.2, -0.15) is 0 Å². The lowest BCUT2D eigenvalue weighted by atomic mass is 10.1. The van der Waals surface area contributed by atoms with E-state index in [0.717, 1.165) is 6.07 Å². The number of carboxylic acid groups (broad SMARTS) is 1. The minimum Gasteiger partial charge on any atom is -0.481 e. The number of aliphatic carboxylic acids is 1. The molecular formula is C9H7Cl2FO2. The van der Waals surface area contributed by atoms with Crippen molar-refractivity contribution in [3.63, 3.8) is 0 Å². The molecule has 1 aromatic carbocycles. The first kappa shape index (κ1) is 11.3. The summed E-state index contributed by atoms with van der Waals surface area (Å²) in [6.07, 6.45) is 0.190. The van der Waals surface area contributed by atoms with Gasteiger partial charge in [0.15, 0.2) is 0 Å². The third-order valence-corrected chi connectivity index (χ3v) is 2.34. The molecule has 0 saturated heterocycles. The van der Waals surface area contributed by atoms with Crippen molar-refractivity contribution in [3.8, 4) is 0 Å². The normalized spacial score (nSPS) is 10.2. The monoisotopic (exact) mass is 236 g/mol. The Morgan fingerprint density at radius 3 is 2.57 bits per heavy atom. The summed E-state index contributed by atoms with van der Waals surface area (Å²) in [4.78, 5) is 10.3. The Kier molecular flexibility index (Phi) is 3.72. The molecule has 1 rings (SSSR count). The van der Waals surface area contributed by atoms with Crippen molar-refractivity contribution in [1.82, 2.24) is 0 Å². The fourth-order valence-corrected chi connectivity index (χ4v) is 1.43. The zero-order valence-electron chi connectivity index (χ0n) is 7.06. The fourth-order valence-electron chi connectivity index (χ4n) is 0.997. The van der Waals surface area contributed by atoms with Crippen LogP contribution < -0.4 is 0 Å². The summed E-state index contributed by atoms with van der Waals surface area (Å²) in [6.45, 7) is 0. The molecule has 0 aliphatic rings. The van der Waals surface area contributed by atoms with Crippen LogP contribution in [0.3, 0.4) is 0 Å². The van der Waals surface area contributed by atoms with E-state index in [0.29, 0.717) is 5.56 Å². The van der Waals surface area contributed by atoms with Gasteiger partial charge in [0.1, 0.15) is 5.82 Å². The molecule has 0 aliphatic heterocycles. The van der Waals surface area contributed by atoms with E-state index >= 15 is 0 Å². The standard InChI is InChI=1S/C9H7Cl2FO2/c10-6-4-8(12)7(11)3-5(6)1-2-9(13)14/h3-4H,1-2H2,(H,13,14). The van der Waals surface area contributed by atoms with Gasteiger partial charge in [-0.3, -0.25) is 4.79 Å². The van der Waals surface area contributed by atoms with Crippen LogP contribution in [0.25, 0.3) is 0 Å². The predicted molar refractivity (Wildman–Crippen MR) is 52.4 cm³/mol. The molecule has 1 aromatic rings. The first-order valence-electron chi connectivity index (χ1n) is 3.86. The largest absolute Gasteiger partial charge is 0.481 e. The average Bonchev–Trinajstić information content (AvgIpc) is 2.09. The van der Waals surface area contributed by atoms with Crippen LogP contribution in [0.2, 0.25) is 10.0 Å². The first-order valence-corrected chi connectivity index (χ1v) is 4.61. The molecule has 0 unspecified atom stereocenters. The Bertz CT molecular complexity index is 366. The summed E-state index contributed by atoms with van der Waals surface area (Å²) >= 11 is 11.2. The Hall–Kier alpha value is -0.800. The van der Waals surface area contributed by atoms with Crippen LogP contribution >= 0.6 is 23.2 Å². The molecule has 2 nitrogen and oxygen atoms in total. The highest BCUT2D eigenvalue weighted by Crippen LogP contribution is 2.24. The van der Waals surface area contributed by atoms with Gasteiger partial charge >= 0.3 is 5.97 Å². The van der Waals surface area contributed by atoms with Gasteiger partial charge in [-0.15, -0.1) is 0 Å². The molecule has 0 bridgehead atoms. The van der Waals surface area contributed by atoms with E-state index in [4.69, 9.17) is 28.3 Å². The van der Waals surface area contributed by atoms with Crippen molar-refractivity contribution in [3.05, 3.63) is 33.6 Å². The second kappa shape index (κ2) is 4.62. The number of carbonyl (C=O) groups is 1. The third-order valence-electron chi connectivity index (χ3n) is 1.70. The van der Waals surface area contributed by atoms with Crippen LogP contribution in [0.1, 0.15) is 12.0 Å². The predicted octanol–water partition coefficient (Wildman–Crippen LogP) is 3.15. The molecule has 0 aromatic heterocycles. The number of aryl methyl sites for hydroxylation is 1. The lowest BCUT2D eigenvalue weighted by Gasteiger charge is -2.03. The van der Waals surface area contributed by atoms with Gasteiger partial charge in [0, 0.05) is 11.4 Å². The molecule has 0 radical (unpaired) electrons. The maximum atomic E-state index is 12.8. The van der Waals surface area contributed by atoms with Crippen LogP contribution in [0.15, 0.2) is 12.1 Å². The van der Waals surface area contributed by atoms with Crippen molar-refractivity contribution in [2.24, 2.45) is 0 Å². The smallest absolute Gasteiger partial charge is 0.303 e. The number of hydrogen-bond donors (Lipinski definition) is 1. The lowest BCUT2D eigenvalue weighted by molar-refractivity contribution is -0.136. The SMILES string of the molecule is O=C(O)CCc1cc(Cl)c(F)cc1Cl. The quantitative estimate of drug-likeness (QED) is 0.820. The van der Waals surface area contributed by atoms with Crippen LogP contribution in [-0.2, 0) is 11.2 Å². The van der Waals surface area contributed by atoms with E-state index in [9.17, 15) is 9.18 Å². The highest BCUT2D eigenvalue weighted by molar-refractivity contribution is 6.33. The highest BCUT2D eigenvalue weighted by atomic mass is 35.5. The molecule has 0 amide bonds. The van der Waals surface area contributed by atoms with E-state index in [1.165, 1.54) is 6.07 Å². The van der Waals surface area contributed by atoms with E-state index in [1.54, 1.807) is 0 Å². The van der Waals surface area contributed by atoms with Crippen molar-refractivity contribution < 1.29 is 14.3 Å². The number of rotatable bonds is 3. The van der Waals surface area contributed by atoms with Gasteiger partial charge < -0.3 is 5.11 Å². The van der Waals surface area contributed by atoms with E-state index in [-0.39, 0.29) is 22.9 Å². The second-order valence-electron chi connectivity index (χ2n) is 2.75. The van der Waals surface area contributed by atoms with Crippen LogP contribution in [0.4, 0.5) is 4.39 Å². The molecule has 14 heavy (non-hydrogen) atoms. The van der Waals surface area contributed by atoms with Crippen LogP contribution in [-0.4, -0.2) is 11.1 Å². The van der Waals surface area contributed by atoms with Gasteiger partial charge in [-0.05, 0) is 24.1 Å². The van der Waals surface area contributed by atoms with E-state index in [1.807, 2.05) is 0 Å². The summed E-state index contributed by atoms with van der Waals surface area (Å²) in [5.41, 5.74) is 0.542. The minimum absolute atomic E-state index is 0.0465. The molecule has 5 heteroatoms. The topological polar surface area (TPSA) is 37.3 Å². The Morgan fingerprint density at radius 2 is 2.00 bits per heavy atom. The maximum absolute atomic E-state index is 12.8. The molecule has 0 spiro atoms. The Morgan fingerprint density at radius 1 is 1.36 bits per heavy atom. The summed E-state index contributed by atoms with van der Waals surface area (Å²) in [7, 11) is 0. The second-order valence-corrected chi connectivity index (χ2v) is 3.57. The molecule has 0 aliphatic carbocycles. The van der Waals surface area contributed by atoms with Crippen LogP contribution in [0.5, 0.6) is 0 Å². The van der Waals surface area contributed by atoms with Gasteiger partial charge in [-0.25, -0.2) is 4.39 Å². The van der Waals surface area contributed by atoms with Gasteiger partial charge in [0.05, 0.1) is 5.02 Å². The Balaban J connectivity index is 2.87. The lowest BCUT2D eigenvalue weighted by Crippen LogP contribution is -1.98. The summed E-state index contributed by atoms with van der Waals surface area (Å²) < 4.78 is 12.8. The number of halogens is 3. The zero-order chi connectivity index (χ0) is 10.7. The third kappa shape index (κ3) is 2.86. The van der Waals surface area contributed by atoms with Gasteiger partial charge in [-0.1, -0.05) is 23.2 Å². The number of carboxylic acids is 1. The van der Waals surface area contributed by atoms with E-state index < -0.39 is 11.8 Å².